The van der Waals surface area contributed by atoms with Crippen molar-refractivity contribution < 1.29 is 104 Å². The van der Waals surface area contributed by atoms with Gasteiger partial charge in [0, 0.05) is 66.9 Å². The topological polar surface area (TPSA) is 395 Å². The smallest absolute Gasteiger partial charge is 0.417 e. The van der Waals surface area contributed by atoms with Crippen molar-refractivity contribution in [1.29, 1.82) is 0 Å². The molecule has 672 valence electrons. The number of carbonyl (C=O) groups is 8. The number of non-ortho nitro benzene ring substituents is 4. The lowest BCUT2D eigenvalue weighted by atomic mass is 9.87. The van der Waals surface area contributed by atoms with Crippen LogP contribution in [0.5, 0.6) is 11.5 Å². The summed E-state index contributed by atoms with van der Waals surface area (Å²) in [7, 11) is 0. The fourth-order valence-electron chi connectivity index (χ4n) is 13.3. The second-order valence-corrected chi connectivity index (χ2v) is 28.5. The number of hydrogen-bond acceptors (Lipinski definition) is 24. The molecule has 0 aliphatic carbocycles. The second kappa shape index (κ2) is 46.2. The number of cyclic esters (lactones) is 2. The van der Waals surface area contributed by atoms with Gasteiger partial charge in [-0.2, -0.15) is 0 Å². The first-order valence-electron chi connectivity index (χ1n) is 39.5. The Bertz CT molecular complexity index is 6280. The van der Waals surface area contributed by atoms with Gasteiger partial charge in [0.2, 0.25) is 11.8 Å². The number of nitro groups is 4. The molecule has 2 saturated heterocycles. The van der Waals surface area contributed by atoms with Crippen LogP contribution >= 0.6 is 0 Å². The molecule has 0 saturated carbocycles. The van der Waals surface area contributed by atoms with Crippen molar-refractivity contribution >= 4 is 99.4 Å². The van der Waals surface area contributed by atoms with Gasteiger partial charge in [-0.15, -0.1) is 0 Å². The molecule has 2 aliphatic heterocycles. The van der Waals surface area contributed by atoms with E-state index in [2.05, 4.69) is 10.3 Å². The van der Waals surface area contributed by atoms with Crippen molar-refractivity contribution in [3.8, 4) is 11.5 Å². The van der Waals surface area contributed by atoms with Crippen LogP contribution in [0.3, 0.4) is 0 Å². The normalized spacial score (nSPS) is 13.7. The molecule has 14 rings (SSSR count). The van der Waals surface area contributed by atoms with Gasteiger partial charge in [0.25, 0.3) is 22.7 Å². The highest BCUT2D eigenvalue weighted by molar-refractivity contribution is 5.97. The number of nitro benzene ring substituents is 4. The number of hydrogen-bond donors (Lipinski definition) is 1. The fraction of sp³-hybridized carbons (Fsp3) is 0.133. The van der Waals surface area contributed by atoms with Crippen molar-refractivity contribution in [2.45, 2.75) is 52.2 Å². The zero-order valence-corrected chi connectivity index (χ0v) is 68.0. The Kier molecular flexibility index (Phi) is 33.9. The van der Waals surface area contributed by atoms with Gasteiger partial charge in [-0.25, -0.2) is 56.1 Å². The van der Waals surface area contributed by atoms with Gasteiger partial charge < -0.3 is 33.7 Å². The second-order valence-electron chi connectivity index (χ2n) is 28.5. The number of nitrogens with one attached hydrogen (secondary N) is 1. The van der Waals surface area contributed by atoms with Gasteiger partial charge in [-0.1, -0.05) is 148 Å². The van der Waals surface area contributed by atoms with Gasteiger partial charge in [0.05, 0.1) is 59.6 Å². The Morgan fingerprint density at radius 3 is 1.22 bits per heavy atom. The molecule has 2 heterocycles. The quantitative estimate of drug-likeness (QED) is 0.00831. The van der Waals surface area contributed by atoms with E-state index in [9.17, 15) is 91.6 Å². The van der Waals surface area contributed by atoms with E-state index in [1.165, 1.54) is 170 Å². The van der Waals surface area contributed by atoms with Gasteiger partial charge in [-0.3, -0.25) is 55.0 Å². The third-order valence-electron chi connectivity index (χ3n) is 19.9. The Morgan fingerprint density at radius 2 is 0.803 bits per heavy atom. The van der Waals surface area contributed by atoms with E-state index < -0.39 is 116 Å². The van der Waals surface area contributed by atoms with Crippen LogP contribution in [0.4, 0.5) is 61.3 Å². The average molecular weight is 1800 g/mol. The number of rotatable bonds is 30. The van der Waals surface area contributed by atoms with Crippen molar-refractivity contribution in [2.75, 3.05) is 31.7 Å². The molecule has 1 N–H and O–H groups in total. The molecule has 0 aromatic heterocycles. The molecule has 2 aliphatic rings. The zero-order valence-electron chi connectivity index (χ0n) is 68.0. The summed E-state index contributed by atoms with van der Waals surface area (Å²) < 4.78 is 87.0. The van der Waals surface area contributed by atoms with Crippen LogP contribution in [0.2, 0.25) is 0 Å². The van der Waals surface area contributed by atoms with Gasteiger partial charge >= 0.3 is 36.1 Å². The molecule has 34 heteroatoms. The Hall–Kier alpha value is -17.3. The number of esters is 4. The molecule has 0 bridgehead atoms. The largest absolute Gasteiger partial charge is 0.457 e. The number of anilines is 1. The van der Waals surface area contributed by atoms with E-state index in [1.807, 2.05) is 30.3 Å². The molecule has 0 spiro atoms. The molecular formula is C98H80F4N8O22. The lowest BCUT2D eigenvalue weighted by Crippen LogP contribution is -2.42. The monoisotopic (exact) mass is 1800 g/mol. The predicted octanol–water partition coefficient (Wildman–Crippen LogP) is 21.3. The van der Waals surface area contributed by atoms with Crippen LogP contribution in [-0.4, -0.2) is 110 Å². The maximum absolute atomic E-state index is 15.2. The van der Waals surface area contributed by atoms with Crippen LogP contribution < -0.4 is 14.8 Å². The minimum atomic E-state index is -1.22. The summed E-state index contributed by atoms with van der Waals surface area (Å²) >= 11 is 0. The van der Waals surface area contributed by atoms with E-state index in [4.69, 9.17) is 28.4 Å². The Balaban J connectivity index is 0.000000227. The molecule has 0 unspecified atom stereocenters. The highest BCUT2D eigenvalue weighted by atomic mass is 19.1. The average Bonchev–Trinajstić information content (AvgIpc) is 1.57. The first-order valence-corrected chi connectivity index (χ1v) is 39.5. The van der Waals surface area contributed by atoms with Crippen LogP contribution in [0, 0.1) is 69.6 Å². The van der Waals surface area contributed by atoms with E-state index in [-0.39, 0.29) is 111 Å². The molecule has 12 aromatic rings. The number of nitrogens with zero attached hydrogens (tertiary/aromatic N) is 7. The Morgan fingerprint density at radius 1 is 0.432 bits per heavy atom. The summed E-state index contributed by atoms with van der Waals surface area (Å²) in [5.41, 5.74) is 4.14. The van der Waals surface area contributed by atoms with Crippen molar-refractivity contribution in [2.24, 2.45) is 10.9 Å². The first-order chi connectivity index (χ1) is 62.7. The SMILES string of the molecule is C.C.O=C(OC/C(=C\CCC(=O)N1C(=O)OC[C@@H]1c1ccccc1)c1ccc(F)cc1)c1cccc([N+](=O)[O-])c1.O=C(OC/C(=C\C[C@@H](C(=O)N1C(=O)OC[C@@H]1c1ccccc1)[C@H](Nc1ccc(F)cc1)c1ccc(OC(=O)c2cccc([N+](=O)[O-])c2)cc1)c1ccc(F)cc1)c1cccc([N+](=O)[O-])c1.O=C(Oc1ccc(C=Nc2ccc(F)cc2)cc1)c1cccc([N+](=O)[O-])c1. The maximum Gasteiger partial charge on any atom is 0.417 e. The molecule has 2 fully saturated rings. The summed E-state index contributed by atoms with van der Waals surface area (Å²) in [6.07, 6.45) is 3.22. The lowest BCUT2D eigenvalue weighted by molar-refractivity contribution is -0.385. The van der Waals surface area contributed by atoms with Crippen LogP contribution in [0.1, 0.15) is 127 Å². The molecule has 4 atom stereocenters. The van der Waals surface area contributed by atoms with Gasteiger partial charge in [0.1, 0.15) is 73.3 Å². The lowest BCUT2D eigenvalue weighted by Gasteiger charge is -2.32. The molecule has 30 nitrogen and oxygen atoms in total. The summed E-state index contributed by atoms with van der Waals surface area (Å²) in [4.78, 5) is 153. The number of aliphatic imine (C=N–C) groups is 1. The number of imide groups is 2. The zero-order chi connectivity index (χ0) is 92.3. The maximum atomic E-state index is 15.2. The van der Waals surface area contributed by atoms with E-state index in [0.717, 1.165) is 45.2 Å². The highest BCUT2D eigenvalue weighted by Gasteiger charge is 2.45. The van der Waals surface area contributed by atoms with Gasteiger partial charge in [0.15, 0.2) is 0 Å². The van der Waals surface area contributed by atoms with Crippen LogP contribution in [0.25, 0.3) is 11.1 Å². The van der Waals surface area contributed by atoms with Crippen LogP contribution in [-0.2, 0) is 28.5 Å². The van der Waals surface area contributed by atoms with Crippen molar-refractivity contribution in [3.63, 3.8) is 0 Å². The molecule has 132 heavy (non-hydrogen) atoms. The minimum absolute atomic E-state index is 0. The third kappa shape index (κ3) is 26.4. The van der Waals surface area contributed by atoms with E-state index in [0.29, 0.717) is 50.5 Å². The first kappa shape index (κ1) is 96.9. The molecular weight excluding hydrogens is 1720 g/mol. The fourth-order valence-corrected chi connectivity index (χ4v) is 13.3. The summed E-state index contributed by atoms with van der Waals surface area (Å²) in [5.74, 6) is -7.12. The molecule has 0 radical (unpaired) electrons. The minimum Gasteiger partial charge on any atom is -0.457 e. The number of halogens is 4. The highest BCUT2D eigenvalue weighted by Crippen LogP contribution is 2.39. The van der Waals surface area contributed by atoms with E-state index in [1.54, 1.807) is 97.2 Å². The number of amides is 4. The summed E-state index contributed by atoms with van der Waals surface area (Å²) in [5, 5.41) is 47.8. The Labute approximate surface area is 750 Å². The molecule has 12 aromatic carbocycles. The van der Waals surface area contributed by atoms with Crippen molar-refractivity contribution in [3.05, 3.63) is 435 Å². The predicted molar refractivity (Wildman–Crippen MR) is 476 cm³/mol. The van der Waals surface area contributed by atoms with Crippen LogP contribution in [0.15, 0.2) is 320 Å². The van der Waals surface area contributed by atoms with Gasteiger partial charge in [-0.05, 0) is 191 Å². The van der Waals surface area contributed by atoms with Crippen molar-refractivity contribution in [1.82, 2.24) is 9.80 Å². The summed E-state index contributed by atoms with van der Waals surface area (Å²) in [6, 6.07) is 70.2. The standard InChI is InChI=1S/C48H36F2N4O11.C28H23FN2O7.C20H13FN2O4.2CH4/c49-36-17-12-30(13-18-36)35(28-63-46(56)33-8-4-10-39(26-33)53(59)60)16-25-42(45(55)52-43(29-64-48(52)58)31-6-2-1-3-7-31)44(51-38-21-19-37(50)20-22-38)32-14-23-41(24-15-32)65-47(57)34-9-5-11-40(27-34)54(61)62;29-23-14-12-19(13-15-23)22(17-37-27(33)21-8-4-10-24(16-21)31(35)36)9-5-11-26(32)30-25(18-38-28(30)34)20-6-2-1-3-7-20;21-16-6-8-17(9-7-16)22-13-14-4-10-19(11-5-14)27-20(24)15-2-1-3-18(12-15)23(25)26;;/h1-24,26-27,42-44,51H,25,28-29H2;1-4,6-10,12-16,25H,5,11,17-18H2;1-13H;2*1H4/b35-16+;22-9+;;;/t42-,43-,44-;25-;;;/m11.../s1. The summed E-state index contributed by atoms with van der Waals surface area (Å²) in [6.45, 7) is -0.738. The number of allylic oxidation sites excluding steroid dienone is 2. The number of benzene rings is 12. The number of carbonyl (C=O) groups excluding carboxylic acids is 8. The number of ether oxygens (including phenoxy) is 6. The molecule has 4 amide bonds. The van der Waals surface area contributed by atoms with E-state index >= 15 is 4.79 Å². The third-order valence-corrected chi connectivity index (χ3v) is 19.9.